The van der Waals surface area contributed by atoms with Crippen LogP contribution in [0.15, 0.2) is 36.5 Å². The molecule has 0 aromatic heterocycles. The number of likely N-dealkylation sites (N-methyl/N-ethyl adjacent to an activating group) is 1. The van der Waals surface area contributed by atoms with Gasteiger partial charge in [-0.1, -0.05) is 307 Å². The molecule has 0 aromatic rings. The molecule has 0 aromatic carbocycles. The Morgan fingerprint density at radius 1 is 0.446 bits per heavy atom. The van der Waals surface area contributed by atoms with Gasteiger partial charge in [-0.2, -0.15) is 0 Å². The van der Waals surface area contributed by atoms with Crippen LogP contribution in [0.1, 0.15) is 322 Å². The molecule has 0 aliphatic rings. The highest BCUT2D eigenvalue weighted by Crippen LogP contribution is 2.43. The van der Waals surface area contributed by atoms with Crippen molar-refractivity contribution < 1.29 is 32.9 Å². The molecule has 0 fully saturated rings. The summed E-state index contributed by atoms with van der Waals surface area (Å²) in [4.78, 5) is 23.4. The Bertz CT molecular complexity index is 1300. The second kappa shape index (κ2) is 56.4. The van der Waals surface area contributed by atoms with Gasteiger partial charge in [0.2, 0.25) is 5.91 Å². The molecule has 74 heavy (non-hydrogen) atoms. The molecule has 438 valence electrons. The highest BCUT2D eigenvalue weighted by atomic mass is 31.2. The number of carbonyl (C=O) groups is 1. The topological polar surface area (TPSA) is 105 Å². The number of aliphatic hydroxyl groups is 1. The molecule has 0 bridgehead atoms. The lowest BCUT2D eigenvalue weighted by Gasteiger charge is -2.25. The summed E-state index contributed by atoms with van der Waals surface area (Å²) in [5, 5.41) is 14.0. The molecule has 0 aliphatic carbocycles. The average Bonchev–Trinajstić information content (AvgIpc) is 3.36. The van der Waals surface area contributed by atoms with Crippen LogP contribution >= 0.6 is 7.82 Å². The first-order valence-corrected chi connectivity index (χ1v) is 33.9. The van der Waals surface area contributed by atoms with Crippen molar-refractivity contribution in [3.63, 3.8) is 0 Å². The van der Waals surface area contributed by atoms with Gasteiger partial charge in [-0.25, -0.2) is 4.57 Å². The van der Waals surface area contributed by atoms with E-state index in [9.17, 15) is 19.4 Å². The number of allylic oxidation sites excluding steroid dienone is 5. The first-order chi connectivity index (χ1) is 36.0. The fraction of sp³-hybridized carbons (Fsp3) is 0.892. The Labute approximate surface area is 461 Å². The van der Waals surface area contributed by atoms with Gasteiger partial charge >= 0.3 is 7.82 Å². The van der Waals surface area contributed by atoms with Crippen molar-refractivity contribution in [2.75, 3.05) is 40.9 Å². The van der Waals surface area contributed by atoms with Gasteiger partial charge in [-0.3, -0.25) is 13.8 Å². The Hall–Kier alpha value is -1.28. The number of hydrogen-bond donors (Lipinski definition) is 3. The maximum absolute atomic E-state index is 13.0. The predicted molar refractivity (Wildman–Crippen MR) is 323 cm³/mol. The van der Waals surface area contributed by atoms with Crippen LogP contribution in [0.2, 0.25) is 0 Å². The summed E-state index contributed by atoms with van der Waals surface area (Å²) >= 11 is 0. The number of unbranched alkanes of at least 4 members (excludes halogenated alkanes) is 43. The third-order valence-electron chi connectivity index (χ3n) is 14.8. The zero-order valence-electron chi connectivity index (χ0n) is 50.1. The molecule has 0 radical (unpaired) electrons. The van der Waals surface area contributed by atoms with Gasteiger partial charge in [0.05, 0.1) is 39.9 Å². The largest absolute Gasteiger partial charge is 0.472 e. The summed E-state index contributed by atoms with van der Waals surface area (Å²) < 4.78 is 23.8. The lowest BCUT2D eigenvalue weighted by molar-refractivity contribution is -0.870. The standard InChI is InChI=1S/C65H127N2O6P/c1-6-8-10-12-14-16-18-20-22-24-26-28-30-32-33-34-35-36-38-40-42-44-46-48-50-52-54-56-58-64(68)63(62-73-74(70,71)72-61-60-67(3,4)5)66-65(69)59-57-55-53-51-49-47-45-43-41-39-37-31-29-27-25-23-21-19-17-15-13-11-9-7-2/h40,42,48,50,56,58,63-64,68H,6-39,41,43-47,49,51-55,57,59-62H2,1-5H3,(H-,66,69,70,71)/p+1/b42-40+,50-48+,58-56+. The van der Waals surface area contributed by atoms with Crippen molar-refractivity contribution in [2.24, 2.45) is 0 Å². The fourth-order valence-electron chi connectivity index (χ4n) is 9.78. The summed E-state index contributed by atoms with van der Waals surface area (Å²) in [5.74, 6) is -0.184. The number of quaternary nitrogens is 1. The number of phosphoric ester groups is 1. The zero-order chi connectivity index (χ0) is 54.2. The molecule has 9 heteroatoms. The van der Waals surface area contributed by atoms with Crippen LogP contribution in [0, 0.1) is 0 Å². The van der Waals surface area contributed by atoms with Gasteiger partial charge in [0.15, 0.2) is 0 Å². The van der Waals surface area contributed by atoms with E-state index in [4.69, 9.17) is 9.05 Å². The van der Waals surface area contributed by atoms with Crippen LogP contribution in [0.25, 0.3) is 0 Å². The van der Waals surface area contributed by atoms with Gasteiger partial charge < -0.3 is 19.8 Å². The van der Waals surface area contributed by atoms with E-state index in [1.54, 1.807) is 6.08 Å². The van der Waals surface area contributed by atoms with Crippen molar-refractivity contribution in [1.82, 2.24) is 5.32 Å². The number of carbonyl (C=O) groups excluding carboxylic acids is 1. The highest BCUT2D eigenvalue weighted by molar-refractivity contribution is 7.47. The number of nitrogens with one attached hydrogen (secondary N) is 1. The number of amides is 1. The molecule has 0 heterocycles. The SMILES string of the molecule is CCCCCCCCCCCCCCCCCCCC/C=C/CC/C=C/CC/C=C/C(O)C(COP(=O)(O)OCC[N+](C)(C)C)NC(=O)CCCCCCCCCCCCCCCCCCCCCCCCCC. The van der Waals surface area contributed by atoms with Crippen molar-refractivity contribution in [3.05, 3.63) is 36.5 Å². The third-order valence-corrected chi connectivity index (χ3v) is 15.8. The second-order valence-electron chi connectivity index (χ2n) is 23.5. The predicted octanol–water partition coefficient (Wildman–Crippen LogP) is 20.1. The van der Waals surface area contributed by atoms with E-state index in [-0.39, 0.29) is 19.1 Å². The van der Waals surface area contributed by atoms with E-state index in [0.717, 1.165) is 44.9 Å². The first-order valence-electron chi connectivity index (χ1n) is 32.4. The Kier molecular flexibility index (Phi) is 55.5. The lowest BCUT2D eigenvalue weighted by atomic mass is 10.0. The third kappa shape index (κ3) is 58.4. The minimum absolute atomic E-state index is 0.0553. The van der Waals surface area contributed by atoms with Crippen molar-refractivity contribution in [2.45, 2.75) is 334 Å². The van der Waals surface area contributed by atoms with E-state index >= 15 is 0 Å². The Morgan fingerprint density at radius 3 is 1.08 bits per heavy atom. The van der Waals surface area contributed by atoms with Gasteiger partial charge in [-0.15, -0.1) is 0 Å². The first kappa shape index (κ1) is 72.7. The average molecular weight is 1060 g/mol. The van der Waals surface area contributed by atoms with Crippen LogP contribution < -0.4 is 5.32 Å². The number of nitrogens with zero attached hydrogens (tertiary/aromatic N) is 1. The minimum atomic E-state index is -4.36. The zero-order valence-corrected chi connectivity index (χ0v) is 51.0. The summed E-state index contributed by atoms with van der Waals surface area (Å²) in [7, 11) is 1.56. The molecule has 0 rings (SSSR count). The van der Waals surface area contributed by atoms with E-state index in [2.05, 4.69) is 43.5 Å². The van der Waals surface area contributed by atoms with Crippen LogP contribution in [-0.2, 0) is 18.4 Å². The fourth-order valence-corrected chi connectivity index (χ4v) is 10.5. The molecule has 8 nitrogen and oxygen atoms in total. The van der Waals surface area contributed by atoms with E-state index in [1.165, 1.54) is 257 Å². The molecule has 0 aliphatic heterocycles. The number of phosphoric acid groups is 1. The van der Waals surface area contributed by atoms with Crippen molar-refractivity contribution >= 4 is 13.7 Å². The monoisotopic (exact) mass is 1060 g/mol. The molecule has 3 atom stereocenters. The normalized spacial score (nSPS) is 14.0. The van der Waals surface area contributed by atoms with E-state index in [1.807, 2.05) is 27.2 Å². The number of aliphatic hydroxyl groups excluding tert-OH is 1. The quantitative estimate of drug-likeness (QED) is 0.0243. The van der Waals surface area contributed by atoms with Crippen LogP contribution in [0.5, 0.6) is 0 Å². The van der Waals surface area contributed by atoms with Crippen LogP contribution in [-0.4, -0.2) is 73.4 Å². The molecule has 1 amide bonds. The summed E-state index contributed by atoms with van der Waals surface area (Å²) in [6.45, 7) is 4.84. The molecular formula is C65H128N2O6P+. The van der Waals surface area contributed by atoms with Gasteiger partial charge in [0, 0.05) is 6.42 Å². The van der Waals surface area contributed by atoms with Crippen molar-refractivity contribution in [1.29, 1.82) is 0 Å². The summed E-state index contributed by atoms with van der Waals surface area (Å²) in [5.41, 5.74) is 0. The molecular weight excluding hydrogens is 936 g/mol. The van der Waals surface area contributed by atoms with Crippen LogP contribution in [0.3, 0.4) is 0 Å². The summed E-state index contributed by atoms with van der Waals surface area (Å²) in [6.07, 6.45) is 74.2. The Morgan fingerprint density at radius 2 is 0.743 bits per heavy atom. The molecule has 3 N–H and O–H groups in total. The van der Waals surface area contributed by atoms with E-state index in [0.29, 0.717) is 17.4 Å². The van der Waals surface area contributed by atoms with Gasteiger partial charge in [-0.05, 0) is 44.9 Å². The second-order valence-corrected chi connectivity index (χ2v) is 24.9. The minimum Gasteiger partial charge on any atom is -0.387 e. The van der Waals surface area contributed by atoms with Gasteiger partial charge in [0.1, 0.15) is 13.2 Å². The lowest BCUT2D eigenvalue weighted by Crippen LogP contribution is -2.45. The molecule has 0 spiro atoms. The van der Waals surface area contributed by atoms with Crippen molar-refractivity contribution in [3.8, 4) is 0 Å². The molecule has 3 unspecified atom stereocenters. The highest BCUT2D eigenvalue weighted by Gasteiger charge is 2.27. The smallest absolute Gasteiger partial charge is 0.387 e. The molecule has 0 saturated carbocycles. The van der Waals surface area contributed by atoms with Gasteiger partial charge in [0.25, 0.3) is 0 Å². The number of rotatable bonds is 60. The number of hydrogen-bond acceptors (Lipinski definition) is 5. The van der Waals surface area contributed by atoms with E-state index < -0.39 is 20.0 Å². The Balaban J connectivity index is 4.18. The maximum Gasteiger partial charge on any atom is 0.472 e. The van der Waals surface area contributed by atoms with Crippen LogP contribution in [0.4, 0.5) is 0 Å². The molecule has 0 saturated heterocycles. The maximum atomic E-state index is 13.0. The summed E-state index contributed by atoms with van der Waals surface area (Å²) in [6, 6.07) is -0.869.